The third kappa shape index (κ3) is 2.31. The molecule has 3 heterocycles. The van der Waals surface area contributed by atoms with Gasteiger partial charge in [-0.1, -0.05) is 6.07 Å². The molecule has 1 saturated heterocycles. The summed E-state index contributed by atoms with van der Waals surface area (Å²) in [7, 11) is 2.20. The van der Waals surface area contributed by atoms with Crippen LogP contribution in [0.25, 0.3) is 0 Å². The number of aryl methyl sites for hydroxylation is 1. The van der Waals surface area contributed by atoms with Gasteiger partial charge in [0.25, 0.3) is 0 Å². The molecule has 1 aromatic rings. The SMILES string of the molecule is Cc1cccnc1C1=NC(C2SCCN2C)CS1. The maximum absolute atomic E-state index is 4.91. The van der Waals surface area contributed by atoms with Crippen molar-refractivity contribution >= 4 is 28.6 Å². The van der Waals surface area contributed by atoms with Crippen molar-refractivity contribution in [1.29, 1.82) is 0 Å². The quantitative estimate of drug-likeness (QED) is 0.830. The first-order valence-corrected chi connectivity index (χ1v) is 8.23. The molecule has 0 N–H and O–H groups in total. The second-order valence-corrected chi connectivity index (χ2v) is 6.96. The molecule has 2 unspecified atom stereocenters. The second-order valence-electron chi connectivity index (χ2n) is 4.72. The molecule has 0 saturated carbocycles. The number of likely N-dealkylation sites (N-methyl/N-ethyl adjacent to an activating group) is 1. The van der Waals surface area contributed by atoms with E-state index >= 15 is 0 Å². The molecule has 2 atom stereocenters. The van der Waals surface area contributed by atoms with E-state index in [1.807, 2.05) is 35.8 Å². The van der Waals surface area contributed by atoms with Crippen LogP contribution in [0.1, 0.15) is 11.3 Å². The summed E-state index contributed by atoms with van der Waals surface area (Å²) in [6.07, 6.45) is 1.86. The van der Waals surface area contributed by atoms with Gasteiger partial charge in [0, 0.05) is 24.2 Å². The van der Waals surface area contributed by atoms with E-state index in [0.29, 0.717) is 11.4 Å². The Labute approximate surface area is 116 Å². The van der Waals surface area contributed by atoms with Gasteiger partial charge in [-0.2, -0.15) is 0 Å². The molecule has 5 heteroatoms. The minimum Gasteiger partial charge on any atom is -0.292 e. The number of aromatic nitrogens is 1. The number of nitrogens with zero attached hydrogens (tertiary/aromatic N) is 3. The Hall–Kier alpha value is -0.520. The number of aliphatic imine (C=N–C) groups is 1. The van der Waals surface area contributed by atoms with Crippen LogP contribution in [-0.2, 0) is 0 Å². The van der Waals surface area contributed by atoms with Gasteiger partial charge in [-0.15, -0.1) is 23.5 Å². The van der Waals surface area contributed by atoms with Crippen LogP contribution in [0, 0.1) is 6.92 Å². The van der Waals surface area contributed by atoms with E-state index in [0.717, 1.165) is 16.5 Å². The van der Waals surface area contributed by atoms with Crippen LogP contribution in [-0.4, -0.2) is 51.4 Å². The summed E-state index contributed by atoms with van der Waals surface area (Å²) in [6, 6.07) is 4.51. The van der Waals surface area contributed by atoms with Crippen molar-refractivity contribution in [3.05, 3.63) is 29.6 Å². The molecule has 0 bridgehead atoms. The van der Waals surface area contributed by atoms with E-state index < -0.39 is 0 Å². The summed E-state index contributed by atoms with van der Waals surface area (Å²) in [5.41, 5.74) is 2.28. The van der Waals surface area contributed by atoms with Gasteiger partial charge in [-0.3, -0.25) is 14.9 Å². The molecule has 18 heavy (non-hydrogen) atoms. The second kappa shape index (κ2) is 5.23. The Bertz CT molecular complexity index is 475. The Balaban J connectivity index is 1.82. The topological polar surface area (TPSA) is 28.5 Å². The van der Waals surface area contributed by atoms with E-state index in [1.54, 1.807) is 0 Å². The van der Waals surface area contributed by atoms with E-state index in [9.17, 15) is 0 Å². The molecule has 0 amide bonds. The zero-order chi connectivity index (χ0) is 12.5. The van der Waals surface area contributed by atoms with Crippen LogP contribution >= 0.6 is 23.5 Å². The summed E-state index contributed by atoms with van der Waals surface area (Å²) in [5.74, 6) is 2.32. The molecule has 96 valence electrons. The summed E-state index contributed by atoms with van der Waals surface area (Å²) < 4.78 is 0. The lowest BCUT2D eigenvalue weighted by molar-refractivity contribution is 0.328. The fourth-order valence-electron chi connectivity index (χ4n) is 2.35. The summed E-state index contributed by atoms with van der Waals surface area (Å²) >= 11 is 3.89. The highest BCUT2D eigenvalue weighted by atomic mass is 32.2. The van der Waals surface area contributed by atoms with Gasteiger partial charge < -0.3 is 0 Å². The fourth-order valence-corrected chi connectivity index (χ4v) is 4.99. The van der Waals surface area contributed by atoms with Crippen molar-refractivity contribution in [2.24, 2.45) is 4.99 Å². The van der Waals surface area contributed by atoms with Crippen molar-refractivity contribution < 1.29 is 0 Å². The third-order valence-electron chi connectivity index (χ3n) is 3.38. The van der Waals surface area contributed by atoms with Gasteiger partial charge in [0.1, 0.15) is 5.04 Å². The van der Waals surface area contributed by atoms with E-state index in [4.69, 9.17) is 4.99 Å². The van der Waals surface area contributed by atoms with Gasteiger partial charge in [-0.05, 0) is 25.6 Å². The third-order valence-corrected chi connectivity index (χ3v) is 5.90. The number of hydrogen-bond donors (Lipinski definition) is 0. The van der Waals surface area contributed by atoms with Crippen molar-refractivity contribution in [3.63, 3.8) is 0 Å². The van der Waals surface area contributed by atoms with E-state index in [2.05, 4.69) is 29.9 Å². The lowest BCUT2D eigenvalue weighted by Crippen LogP contribution is -2.33. The standard InChI is InChI=1S/C13H17N3S2/c1-9-4-3-5-14-11(9)12-15-10(8-18-12)13-16(2)6-7-17-13/h3-5,10,13H,6-8H2,1-2H3. The van der Waals surface area contributed by atoms with E-state index in [-0.39, 0.29) is 0 Å². The predicted octanol–water partition coefficient (Wildman–Crippen LogP) is 2.26. The Morgan fingerprint density at radius 3 is 3.06 bits per heavy atom. The Morgan fingerprint density at radius 1 is 1.44 bits per heavy atom. The average Bonchev–Trinajstić information content (AvgIpc) is 2.98. The van der Waals surface area contributed by atoms with Crippen molar-refractivity contribution in [2.45, 2.75) is 18.3 Å². The predicted molar refractivity (Wildman–Crippen MR) is 80.6 cm³/mol. The first-order valence-electron chi connectivity index (χ1n) is 6.20. The molecule has 1 fully saturated rings. The highest BCUT2D eigenvalue weighted by molar-refractivity contribution is 8.14. The highest BCUT2D eigenvalue weighted by Crippen LogP contribution is 2.33. The zero-order valence-corrected chi connectivity index (χ0v) is 12.3. The smallest absolute Gasteiger partial charge is 0.117 e. The number of pyridine rings is 1. The Kier molecular flexibility index (Phi) is 3.63. The summed E-state index contributed by atoms with van der Waals surface area (Å²) in [6.45, 7) is 3.29. The molecule has 1 aromatic heterocycles. The lowest BCUT2D eigenvalue weighted by Gasteiger charge is -2.21. The van der Waals surface area contributed by atoms with Crippen LogP contribution < -0.4 is 0 Å². The summed E-state index contributed by atoms with van der Waals surface area (Å²) in [4.78, 5) is 11.8. The highest BCUT2D eigenvalue weighted by Gasteiger charge is 2.33. The minimum absolute atomic E-state index is 0.420. The van der Waals surface area contributed by atoms with Crippen LogP contribution in [0.3, 0.4) is 0 Å². The molecule has 0 aromatic carbocycles. The first-order chi connectivity index (χ1) is 8.75. The van der Waals surface area contributed by atoms with Crippen LogP contribution in [0.4, 0.5) is 0 Å². The van der Waals surface area contributed by atoms with Gasteiger partial charge >= 0.3 is 0 Å². The summed E-state index contributed by atoms with van der Waals surface area (Å²) in [5, 5.41) is 1.68. The molecule has 3 nitrogen and oxygen atoms in total. The van der Waals surface area contributed by atoms with Crippen LogP contribution in [0.15, 0.2) is 23.3 Å². The van der Waals surface area contributed by atoms with E-state index in [1.165, 1.54) is 17.9 Å². The van der Waals surface area contributed by atoms with Crippen molar-refractivity contribution in [1.82, 2.24) is 9.88 Å². The number of rotatable bonds is 2. The van der Waals surface area contributed by atoms with Gasteiger partial charge in [0.05, 0.1) is 17.1 Å². The Morgan fingerprint density at radius 2 is 2.33 bits per heavy atom. The van der Waals surface area contributed by atoms with Gasteiger partial charge in [0.2, 0.25) is 0 Å². The average molecular weight is 279 g/mol. The molecule has 0 spiro atoms. The molecule has 0 radical (unpaired) electrons. The first kappa shape index (κ1) is 12.5. The molecular weight excluding hydrogens is 262 g/mol. The molecule has 0 aliphatic carbocycles. The normalized spacial score (nSPS) is 28.7. The number of hydrogen-bond acceptors (Lipinski definition) is 5. The van der Waals surface area contributed by atoms with Gasteiger partial charge in [0.15, 0.2) is 0 Å². The van der Waals surface area contributed by atoms with Crippen LogP contribution in [0.2, 0.25) is 0 Å². The number of thioether (sulfide) groups is 2. The molecular formula is C13H17N3S2. The lowest BCUT2D eigenvalue weighted by atomic mass is 10.2. The largest absolute Gasteiger partial charge is 0.292 e. The van der Waals surface area contributed by atoms with Crippen molar-refractivity contribution in [2.75, 3.05) is 25.1 Å². The van der Waals surface area contributed by atoms with Crippen LogP contribution in [0.5, 0.6) is 0 Å². The zero-order valence-electron chi connectivity index (χ0n) is 10.7. The van der Waals surface area contributed by atoms with Crippen molar-refractivity contribution in [3.8, 4) is 0 Å². The van der Waals surface area contributed by atoms with Gasteiger partial charge in [-0.25, -0.2) is 0 Å². The maximum atomic E-state index is 4.91. The molecule has 2 aliphatic heterocycles. The fraction of sp³-hybridized carbons (Fsp3) is 0.538. The molecule has 3 rings (SSSR count). The monoisotopic (exact) mass is 279 g/mol. The molecule has 2 aliphatic rings. The minimum atomic E-state index is 0.420. The maximum Gasteiger partial charge on any atom is 0.117 e.